The van der Waals surface area contributed by atoms with Crippen LogP contribution in [0, 0.1) is 10.1 Å². The van der Waals surface area contributed by atoms with E-state index in [0.717, 1.165) is 4.90 Å². The molecule has 2 aromatic rings. The maximum Gasteiger partial charge on any atom is 0.342 e. The third kappa shape index (κ3) is 3.51. The van der Waals surface area contributed by atoms with Gasteiger partial charge >= 0.3 is 5.82 Å². The van der Waals surface area contributed by atoms with E-state index >= 15 is 0 Å². The molecule has 0 radical (unpaired) electrons. The van der Waals surface area contributed by atoms with Crippen LogP contribution < -0.4 is 4.74 Å². The third-order valence-corrected chi connectivity index (χ3v) is 4.46. The van der Waals surface area contributed by atoms with Gasteiger partial charge in [0.1, 0.15) is 11.9 Å². The Hall–Kier alpha value is -2.22. The highest BCUT2D eigenvalue weighted by molar-refractivity contribution is 7.85. The maximum absolute atomic E-state index is 11.6. The minimum atomic E-state index is -0.993. The number of hydrogen-bond donors (Lipinski definition) is 0. The van der Waals surface area contributed by atoms with Gasteiger partial charge in [0.15, 0.2) is 6.61 Å². The molecule has 0 aliphatic heterocycles. The molecule has 1 heterocycles. The van der Waals surface area contributed by atoms with E-state index in [-0.39, 0.29) is 12.4 Å². The van der Waals surface area contributed by atoms with E-state index in [9.17, 15) is 14.3 Å². The van der Waals surface area contributed by atoms with Gasteiger partial charge in [0.2, 0.25) is 5.82 Å². The lowest BCUT2D eigenvalue weighted by Gasteiger charge is -2.06. The Labute approximate surface area is 130 Å². The van der Waals surface area contributed by atoms with Gasteiger partial charge < -0.3 is 14.9 Å². The first-order valence-electron chi connectivity index (χ1n) is 6.86. The first-order valence-corrected chi connectivity index (χ1v) is 8.18. The van der Waals surface area contributed by atoms with Crippen molar-refractivity contribution in [2.45, 2.75) is 31.9 Å². The summed E-state index contributed by atoms with van der Waals surface area (Å²) in [4.78, 5) is 15.2. The number of aromatic nitrogens is 2. The molecule has 0 bridgehead atoms. The quantitative estimate of drug-likeness (QED) is 0.577. The Kier molecular flexibility index (Phi) is 5.26. The molecule has 0 amide bonds. The summed E-state index contributed by atoms with van der Waals surface area (Å²) in [6.45, 7) is 4.26. The van der Waals surface area contributed by atoms with Crippen molar-refractivity contribution >= 4 is 16.6 Å². The molecule has 1 atom stereocenters. The Morgan fingerprint density at radius 1 is 1.32 bits per heavy atom. The average molecular weight is 323 g/mol. The lowest BCUT2D eigenvalue weighted by Crippen LogP contribution is -2.08. The van der Waals surface area contributed by atoms with E-state index in [1.54, 1.807) is 24.3 Å². The second-order valence-corrected chi connectivity index (χ2v) is 6.17. The zero-order valence-corrected chi connectivity index (χ0v) is 13.2. The molecule has 0 aliphatic carbocycles. The summed E-state index contributed by atoms with van der Waals surface area (Å²) in [6, 6.07) is 6.97. The van der Waals surface area contributed by atoms with Gasteiger partial charge in [-0.05, 0) is 36.1 Å². The van der Waals surface area contributed by atoms with Crippen LogP contribution in [0.3, 0.4) is 0 Å². The van der Waals surface area contributed by atoms with Gasteiger partial charge in [-0.15, -0.1) is 0 Å². The van der Waals surface area contributed by atoms with Gasteiger partial charge in [-0.2, -0.15) is 0 Å². The fourth-order valence-electron chi connectivity index (χ4n) is 2.01. The Morgan fingerprint density at radius 2 is 2.00 bits per heavy atom. The van der Waals surface area contributed by atoms with Crippen LogP contribution in [0.25, 0.3) is 0 Å². The maximum atomic E-state index is 11.6. The number of rotatable bonds is 7. The van der Waals surface area contributed by atoms with Crippen LogP contribution in [-0.4, -0.2) is 24.4 Å². The van der Waals surface area contributed by atoms with Crippen LogP contribution in [0.15, 0.2) is 35.4 Å². The summed E-state index contributed by atoms with van der Waals surface area (Å²) in [5, 5.41) is 10.9. The molecule has 1 aromatic carbocycles. The fraction of sp³-hybridized carbons (Fsp3) is 0.357. The standard InChI is InChI=1S/C14H17N3O4S/c1-3-16-13(15-9-14(16)17(18)19)10-21-11-5-7-12(8-6-11)22(20)4-2/h5-9H,3-4,10H2,1-2H3. The van der Waals surface area contributed by atoms with Crippen molar-refractivity contribution in [3.05, 3.63) is 46.4 Å². The van der Waals surface area contributed by atoms with Crippen molar-refractivity contribution in [3.8, 4) is 5.75 Å². The minimum Gasteiger partial charge on any atom is -0.483 e. The van der Waals surface area contributed by atoms with Crippen LogP contribution in [0.1, 0.15) is 19.7 Å². The fourth-order valence-corrected chi connectivity index (χ4v) is 2.78. The Bertz CT molecular complexity index is 682. The molecule has 0 saturated carbocycles. The van der Waals surface area contributed by atoms with Gasteiger partial charge in [0.05, 0.1) is 17.3 Å². The number of ether oxygens (including phenoxy) is 1. The monoisotopic (exact) mass is 323 g/mol. The van der Waals surface area contributed by atoms with E-state index in [4.69, 9.17) is 4.74 Å². The topological polar surface area (TPSA) is 87.3 Å². The number of benzene rings is 1. The van der Waals surface area contributed by atoms with Crippen LogP contribution in [-0.2, 0) is 24.0 Å². The van der Waals surface area contributed by atoms with Crippen LogP contribution in [0.2, 0.25) is 0 Å². The lowest BCUT2D eigenvalue weighted by atomic mass is 10.3. The molecule has 0 saturated heterocycles. The zero-order valence-electron chi connectivity index (χ0n) is 12.4. The highest BCUT2D eigenvalue weighted by Gasteiger charge is 2.18. The predicted molar refractivity (Wildman–Crippen MR) is 82.3 cm³/mol. The lowest BCUT2D eigenvalue weighted by molar-refractivity contribution is -0.392. The smallest absolute Gasteiger partial charge is 0.342 e. The van der Waals surface area contributed by atoms with Crippen molar-refractivity contribution in [2.75, 3.05) is 5.75 Å². The first kappa shape index (κ1) is 16.2. The molecule has 2 rings (SSSR count). The minimum absolute atomic E-state index is 0.0465. The molecule has 0 fully saturated rings. The molecule has 0 aliphatic rings. The number of nitro groups is 1. The largest absolute Gasteiger partial charge is 0.483 e. The zero-order chi connectivity index (χ0) is 16.1. The van der Waals surface area contributed by atoms with Crippen molar-refractivity contribution < 1.29 is 13.9 Å². The van der Waals surface area contributed by atoms with Gasteiger partial charge in [-0.1, -0.05) is 6.92 Å². The van der Waals surface area contributed by atoms with Crippen LogP contribution >= 0.6 is 0 Å². The van der Waals surface area contributed by atoms with Gasteiger partial charge in [0, 0.05) is 10.6 Å². The number of nitrogens with zero attached hydrogens (tertiary/aromatic N) is 3. The van der Waals surface area contributed by atoms with Crippen molar-refractivity contribution in [2.24, 2.45) is 0 Å². The van der Waals surface area contributed by atoms with E-state index in [1.807, 2.05) is 13.8 Å². The van der Waals surface area contributed by atoms with Crippen molar-refractivity contribution in [1.29, 1.82) is 0 Å². The Morgan fingerprint density at radius 3 is 2.55 bits per heavy atom. The summed E-state index contributed by atoms with van der Waals surface area (Å²) in [7, 11) is -0.993. The van der Waals surface area contributed by atoms with E-state index < -0.39 is 15.7 Å². The van der Waals surface area contributed by atoms with E-state index in [2.05, 4.69) is 4.98 Å². The number of hydrogen-bond acceptors (Lipinski definition) is 5. The first-order chi connectivity index (χ1) is 10.6. The van der Waals surface area contributed by atoms with Crippen molar-refractivity contribution in [3.63, 3.8) is 0 Å². The van der Waals surface area contributed by atoms with Gasteiger partial charge in [-0.25, -0.2) is 9.55 Å². The van der Waals surface area contributed by atoms with Crippen molar-refractivity contribution in [1.82, 2.24) is 9.55 Å². The summed E-state index contributed by atoms with van der Waals surface area (Å²) < 4.78 is 18.7. The van der Waals surface area contributed by atoms with Crippen LogP contribution in [0.5, 0.6) is 5.75 Å². The molecule has 22 heavy (non-hydrogen) atoms. The molecular weight excluding hydrogens is 306 g/mol. The van der Waals surface area contributed by atoms with E-state index in [1.165, 1.54) is 10.8 Å². The third-order valence-electron chi connectivity index (χ3n) is 3.14. The molecule has 8 heteroatoms. The highest BCUT2D eigenvalue weighted by Crippen LogP contribution is 2.18. The molecule has 7 nitrogen and oxygen atoms in total. The molecule has 0 spiro atoms. The van der Waals surface area contributed by atoms with E-state index in [0.29, 0.717) is 23.9 Å². The molecule has 118 valence electrons. The Balaban J connectivity index is 2.07. The SMILES string of the molecule is CCn1c([N+](=O)[O-])cnc1COc1ccc(S(=O)CC)cc1. The average Bonchev–Trinajstić information content (AvgIpc) is 2.95. The number of imidazole rings is 1. The second-order valence-electron chi connectivity index (χ2n) is 4.43. The normalized spacial score (nSPS) is 12.1. The highest BCUT2D eigenvalue weighted by atomic mass is 32.2. The van der Waals surface area contributed by atoms with Crippen LogP contribution in [0.4, 0.5) is 5.82 Å². The second kappa shape index (κ2) is 7.17. The molecule has 0 N–H and O–H groups in total. The summed E-state index contributed by atoms with van der Waals surface area (Å²) in [5.74, 6) is 1.62. The summed E-state index contributed by atoms with van der Waals surface area (Å²) in [5.41, 5.74) is 0. The van der Waals surface area contributed by atoms with Gasteiger partial charge in [0.25, 0.3) is 0 Å². The summed E-state index contributed by atoms with van der Waals surface area (Å²) in [6.07, 6.45) is 1.23. The van der Waals surface area contributed by atoms with Gasteiger partial charge in [-0.3, -0.25) is 4.21 Å². The molecular formula is C14H17N3O4S. The molecule has 1 unspecified atom stereocenters. The summed E-state index contributed by atoms with van der Waals surface area (Å²) >= 11 is 0. The molecule has 1 aromatic heterocycles. The predicted octanol–water partition coefficient (Wildman–Crippen LogP) is 2.52.